The van der Waals surface area contributed by atoms with E-state index in [4.69, 9.17) is 0 Å². The number of benzene rings is 1. The van der Waals surface area contributed by atoms with E-state index in [1.165, 1.54) is 16.4 Å². The summed E-state index contributed by atoms with van der Waals surface area (Å²) in [5.41, 5.74) is 3.65. The first-order valence-electron chi connectivity index (χ1n) is 8.74. The zero-order valence-corrected chi connectivity index (χ0v) is 16.0. The van der Waals surface area contributed by atoms with Crippen molar-refractivity contribution < 1.29 is 13.2 Å². The van der Waals surface area contributed by atoms with Gasteiger partial charge in [0.1, 0.15) is 0 Å². The lowest BCUT2D eigenvalue weighted by Crippen LogP contribution is -2.28. The van der Waals surface area contributed by atoms with Crippen molar-refractivity contribution in [3.05, 3.63) is 29.8 Å². The molecule has 0 atom stereocenters. The molecule has 1 N–H and O–H groups in total. The Kier molecular flexibility index (Phi) is 6.72. The number of rotatable bonds is 7. The van der Waals surface area contributed by atoms with Gasteiger partial charge in [-0.25, -0.2) is 13.8 Å². The molecule has 1 aromatic carbocycles. The van der Waals surface area contributed by atoms with Gasteiger partial charge in [0.15, 0.2) is 0 Å². The molecule has 2 rings (SSSR count). The smallest absolute Gasteiger partial charge is 0.267 e. The first-order valence-corrected chi connectivity index (χ1v) is 10.2. The van der Waals surface area contributed by atoms with E-state index in [0.29, 0.717) is 24.6 Å². The molecule has 0 radical (unpaired) electrons. The molecule has 0 aromatic heterocycles. The van der Waals surface area contributed by atoms with Gasteiger partial charge >= 0.3 is 0 Å². The van der Waals surface area contributed by atoms with Gasteiger partial charge in [-0.1, -0.05) is 19.9 Å². The molecular formula is C18H27N3O3S. The highest BCUT2D eigenvalue weighted by atomic mass is 32.2. The Balaban J connectivity index is 2.07. The minimum absolute atomic E-state index is 0.155. The van der Waals surface area contributed by atoms with E-state index in [-0.39, 0.29) is 4.90 Å². The monoisotopic (exact) mass is 365 g/mol. The normalized spacial score (nSPS) is 16.4. The Morgan fingerprint density at radius 3 is 2.60 bits per heavy atom. The third kappa shape index (κ3) is 5.37. The molecule has 0 saturated carbocycles. The van der Waals surface area contributed by atoms with E-state index < -0.39 is 15.9 Å². The summed E-state index contributed by atoms with van der Waals surface area (Å²) < 4.78 is 26.7. The highest BCUT2D eigenvalue weighted by Gasteiger charge is 2.27. The van der Waals surface area contributed by atoms with E-state index in [9.17, 15) is 13.2 Å². The summed E-state index contributed by atoms with van der Waals surface area (Å²) in [5.74, 6) is 0.177. The second kappa shape index (κ2) is 8.58. The Morgan fingerprint density at radius 1 is 1.28 bits per heavy atom. The molecule has 6 nitrogen and oxygen atoms in total. The highest BCUT2D eigenvalue weighted by molar-refractivity contribution is 7.89. The summed E-state index contributed by atoms with van der Waals surface area (Å²) in [7, 11) is -3.53. The summed E-state index contributed by atoms with van der Waals surface area (Å²) >= 11 is 0. The molecule has 1 saturated heterocycles. The standard InChI is InChI=1S/C18H27N3O3S/c1-14(2)9-10-15(3)19-20-18(22)16-7-6-8-17(13-16)25(23,24)21-11-4-5-12-21/h6-8,13-14H,4-5,9-12H2,1-3H3,(H,20,22)/b19-15+. The number of nitrogens with zero attached hydrogens (tertiary/aromatic N) is 2. The van der Waals surface area contributed by atoms with Gasteiger partial charge in [-0.3, -0.25) is 4.79 Å². The lowest BCUT2D eigenvalue weighted by Gasteiger charge is -2.15. The lowest BCUT2D eigenvalue weighted by atomic mass is 10.1. The molecule has 0 bridgehead atoms. The van der Waals surface area contributed by atoms with Crippen LogP contribution in [0.3, 0.4) is 0 Å². The van der Waals surface area contributed by atoms with Crippen molar-refractivity contribution in [3.63, 3.8) is 0 Å². The van der Waals surface area contributed by atoms with Crippen LogP contribution in [-0.2, 0) is 10.0 Å². The van der Waals surface area contributed by atoms with Crippen molar-refractivity contribution in [2.45, 2.75) is 51.3 Å². The fraction of sp³-hybridized carbons (Fsp3) is 0.556. The number of hydrogen-bond donors (Lipinski definition) is 1. The summed E-state index contributed by atoms with van der Waals surface area (Å²) in [5, 5.41) is 4.10. The van der Waals surface area contributed by atoms with E-state index in [2.05, 4.69) is 24.4 Å². The number of carbonyl (C=O) groups excluding carboxylic acids is 1. The summed E-state index contributed by atoms with van der Waals surface area (Å²) in [6.07, 6.45) is 3.59. The predicted octanol–water partition coefficient (Wildman–Crippen LogP) is 3.01. The molecule has 1 aromatic rings. The molecule has 1 heterocycles. The van der Waals surface area contributed by atoms with Crippen molar-refractivity contribution in [3.8, 4) is 0 Å². The molecule has 7 heteroatoms. The Hall–Kier alpha value is -1.73. The summed E-state index contributed by atoms with van der Waals surface area (Å²) in [6, 6.07) is 6.13. The van der Waals surface area contributed by atoms with Crippen LogP contribution in [0.25, 0.3) is 0 Å². The van der Waals surface area contributed by atoms with Crippen molar-refractivity contribution in [1.29, 1.82) is 0 Å². The van der Waals surface area contributed by atoms with Gasteiger partial charge in [-0.15, -0.1) is 0 Å². The molecule has 0 spiro atoms. The van der Waals surface area contributed by atoms with Crippen molar-refractivity contribution in [2.24, 2.45) is 11.0 Å². The van der Waals surface area contributed by atoms with Crippen LogP contribution in [-0.4, -0.2) is 37.4 Å². The average Bonchev–Trinajstić information content (AvgIpc) is 3.13. The predicted molar refractivity (Wildman–Crippen MR) is 99.1 cm³/mol. The zero-order chi connectivity index (χ0) is 18.4. The summed E-state index contributed by atoms with van der Waals surface area (Å²) in [4.78, 5) is 12.4. The molecule has 0 unspecified atom stereocenters. The van der Waals surface area contributed by atoms with Gasteiger partial charge in [0.05, 0.1) is 4.90 Å². The van der Waals surface area contributed by atoms with Crippen LogP contribution in [0.4, 0.5) is 0 Å². The van der Waals surface area contributed by atoms with Gasteiger partial charge in [0.25, 0.3) is 5.91 Å². The fourth-order valence-corrected chi connectivity index (χ4v) is 4.20. The highest BCUT2D eigenvalue weighted by Crippen LogP contribution is 2.21. The van der Waals surface area contributed by atoms with Crippen LogP contribution >= 0.6 is 0 Å². The molecule has 25 heavy (non-hydrogen) atoms. The third-order valence-electron chi connectivity index (χ3n) is 4.23. The van der Waals surface area contributed by atoms with Crippen molar-refractivity contribution >= 4 is 21.6 Å². The number of hydrazone groups is 1. The lowest BCUT2D eigenvalue weighted by molar-refractivity contribution is 0.0954. The second-order valence-electron chi connectivity index (χ2n) is 6.86. The Bertz CT molecular complexity index is 736. The Morgan fingerprint density at radius 2 is 1.96 bits per heavy atom. The van der Waals surface area contributed by atoms with Gasteiger partial charge in [-0.05, 0) is 56.7 Å². The second-order valence-corrected chi connectivity index (χ2v) is 8.80. The molecule has 1 aliphatic rings. The molecular weight excluding hydrogens is 338 g/mol. The van der Waals surface area contributed by atoms with Crippen LogP contribution in [0.15, 0.2) is 34.3 Å². The van der Waals surface area contributed by atoms with Gasteiger partial charge < -0.3 is 0 Å². The van der Waals surface area contributed by atoms with E-state index >= 15 is 0 Å². The maximum atomic E-state index is 12.6. The van der Waals surface area contributed by atoms with E-state index in [0.717, 1.165) is 31.4 Å². The van der Waals surface area contributed by atoms with E-state index in [1.54, 1.807) is 12.1 Å². The number of amides is 1. The number of carbonyl (C=O) groups is 1. The SMILES string of the molecule is C/C(CCC(C)C)=N\NC(=O)c1cccc(S(=O)(=O)N2CCCC2)c1. The Labute approximate surface area is 150 Å². The zero-order valence-electron chi connectivity index (χ0n) is 15.2. The number of sulfonamides is 1. The maximum absolute atomic E-state index is 12.6. The van der Waals surface area contributed by atoms with Crippen LogP contribution < -0.4 is 5.43 Å². The molecule has 1 aliphatic heterocycles. The maximum Gasteiger partial charge on any atom is 0.271 e. The van der Waals surface area contributed by atoms with Crippen LogP contribution in [0.5, 0.6) is 0 Å². The minimum Gasteiger partial charge on any atom is -0.267 e. The molecule has 138 valence electrons. The van der Waals surface area contributed by atoms with Crippen molar-refractivity contribution in [1.82, 2.24) is 9.73 Å². The van der Waals surface area contributed by atoms with E-state index in [1.807, 2.05) is 6.92 Å². The first-order chi connectivity index (χ1) is 11.8. The van der Waals surface area contributed by atoms with Crippen molar-refractivity contribution in [2.75, 3.05) is 13.1 Å². The molecule has 1 amide bonds. The van der Waals surface area contributed by atoms with Crippen LogP contribution in [0.2, 0.25) is 0 Å². The van der Waals surface area contributed by atoms with Gasteiger partial charge in [-0.2, -0.15) is 9.41 Å². The van der Waals surface area contributed by atoms with Gasteiger partial charge in [0.2, 0.25) is 10.0 Å². The number of nitrogens with one attached hydrogen (secondary N) is 1. The number of hydrogen-bond acceptors (Lipinski definition) is 4. The largest absolute Gasteiger partial charge is 0.271 e. The summed E-state index contributed by atoms with van der Waals surface area (Å²) in [6.45, 7) is 7.23. The topological polar surface area (TPSA) is 78.8 Å². The third-order valence-corrected chi connectivity index (χ3v) is 6.13. The average molecular weight is 365 g/mol. The minimum atomic E-state index is -3.53. The molecule has 0 aliphatic carbocycles. The van der Waals surface area contributed by atoms with Crippen LogP contribution in [0.1, 0.15) is 56.8 Å². The van der Waals surface area contributed by atoms with Gasteiger partial charge in [0, 0.05) is 24.4 Å². The van der Waals surface area contributed by atoms with Crippen LogP contribution in [0, 0.1) is 5.92 Å². The molecule has 1 fully saturated rings. The first kappa shape index (κ1) is 19.6. The quantitative estimate of drug-likeness (QED) is 0.596. The fourth-order valence-electron chi connectivity index (χ4n) is 2.64.